The molecule has 0 heterocycles. The molecule has 0 spiro atoms. The molecule has 1 atom stereocenters. The van der Waals surface area contributed by atoms with E-state index >= 15 is 0 Å². The zero-order valence-corrected chi connectivity index (χ0v) is 7.10. The van der Waals surface area contributed by atoms with Crippen molar-refractivity contribution < 1.29 is 9.53 Å². The van der Waals surface area contributed by atoms with Gasteiger partial charge in [0.2, 0.25) is 0 Å². The van der Waals surface area contributed by atoms with Crippen molar-refractivity contribution in [2.75, 3.05) is 0 Å². The van der Waals surface area contributed by atoms with E-state index in [-0.39, 0.29) is 5.97 Å². The number of hydrogen-bond acceptors (Lipinski definition) is 2. The molecule has 11 heavy (non-hydrogen) atoms. The van der Waals surface area contributed by atoms with Gasteiger partial charge in [0.25, 0.3) is 0 Å². The van der Waals surface area contributed by atoms with Crippen LogP contribution in [0.5, 0.6) is 0 Å². The van der Waals surface area contributed by atoms with Crippen LogP contribution in [0, 0.1) is 11.8 Å². The van der Waals surface area contributed by atoms with Crippen molar-refractivity contribution in [2.24, 2.45) is 0 Å². The Balaban J connectivity index is 4.42. The molecule has 0 radical (unpaired) electrons. The standard InChI is InChI=1S/C9H12O2/c1-5-7-9(4,6-2)11-8(3)10/h6H,2H2,1,3-4H3. The van der Waals surface area contributed by atoms with E-state index < -0.39 is 5.60 Å². The Hall–Kier alpha value is -1.23. The predicted octanol–water partition coefficient (Wildman–Crippen LogP) is 1.52. The lowest BCUT2D eigenvalue weighted by Gasteiger charge is -2.18. The van der Waals surface area contributed by atoms with Crippen LogP contribution in [0.3, 0.4) is 0 Å². The summed E-state index contributed by atoms with van der Waals surface area (Å²) in [4.78, 5) is 10.6. The lowest BCUT2D eigenvalue weighted by atomic mass is 10.1. The maximum Gasteiger partial charge on any atom is 0.304 e. The molecule has 0 fully saturated rings. The SMILES string of the molecule is C=CC(C)(C#CC)OC(C)=O. The molecule has 0 N–H and O–H groups in total. The van der Waals surface area contributed by atoms with E-state index in [0.29, 0.717) is 0 Å². The quantitative estimate of drug-likeness (QED) is 0.340. The van der Waals surface area contributed by atoms with Crippen molar-refractivity contribution in [3.63, 3.8) is 0 Å². The van der Waals surface area contributed by atoms with Gasteiger partial charge in [-0.1, -0.05) is 12.5 Å². The zero-order valence-electron chi connectivity index (χ0n) is 7.10. The van der Waals surface area contributed by atoms with Crippen molar-refractivity contribution in [1.29, 1.82) is 0 Å². The summed E-state index contributed by atoms with van der Waals surface area (Å²) in [5.41, 5.74) is -0.833. The highest BCUT2D eigenvalue weighted by Crippen LogP contribution is 2.09. The molecule has 0 rings (SSSR count). The van der Waals surface area contributed by atoms with Crippen LogP contribution in [0.4, 0.5) is 0 Å². The van der Waals surface area contributed by atoms with E-state index in [1.807, 2.05) is 0 Å². The summed E-state index contributed by atoms with van der Waals surface area (Å²) in [6, 6.07) is 0. The van der Waals surface area contributed by atoms with Gasteiger partial charge in [-0.3, -0.25) is 4.79 Å². The van der Waals surface area contributed by atoms with Crippen molar-refractivity contribution in [3.05, 3.63) is 12.7 Å². The minimum absolute atomic E-state index is 0.352. The van der Waals surface area contributed by atoms with Gasteiger partial charge in [-0.25, -0.2) is 0 Å². The summed E-state index contributed by atoms with van der Waals surface area (Å²) in [7, 11) is 0. The third-order valence-corrected chi connectivity index (χ3v) is 1.12. The van der Waals surface area contributed by atoms with Crippen molar-refractivity contribution in [1.82, 2.24) is 0 Å². The van der Waals surface area contributed by atoms with Gasteiger partial charge in [-0.15, -0.1) is 5.92 Å². The number of hydrogen-bond donors (Lipinski definition) is 0. The summed E-state index contributed by atoms with van der Waals surface area (Å²) in [5, 5.41) is 0. The number of rotatable bonds is 2. The Morgan fingerprint density at radius 2 is 2.27 bits per heavy atom. The number of ether oxygens (including phenoxy) is 1. The van der Waals surface area contributed by atoms with E-state index in [2.05, 4.69) is 18.4 Å². The lowest BCUT2D eigenvalue weighted by Crippen LogP contribution is -2.25. The first-order valence-electron chi connectivity index (χ1n) is 3.31. The van der Waals surface area contributed by atoms with Gasteiger partial charge < -0.3 is 4.74 Å². The van der Waals surface area contributed by atoms with E-state index in [4.69, 9.17) is 4.74 Å². The van der Waals surface area contributed by atoms with Gasteiger partial charge in [0.05, 0.1) is 0 Å². The van der Waals surface area contributed by atoms with Gasteiger partial charge in [0, 0.05) is 6.92 Å². The maximum absolute atomic E-state index is 10.6. The molecule has 0 aliphatic carbocycles. The highest BCUT2D eigenvalue weighted by Gasteiger charge is 2.19. The first-order chi connectivity index (χ1) is 5.04. The fourth-order valence-electron chi connectivity index (χ4n) is 0.665. The maximum atomic E-state index is 10.6. The number of esters is 1. The lowest BCUT2D eigenvalue weighted by molar-refractivity contribution is -0.147. The van der Waals surface area contributed by atoms with Crippen LogP contribution < -0.4 is 0 Å². The Kier molecular flexibility index (Phi) is 3.39. The molecule has 60 valence electrons. The fraction of sp³-hybridized carbons (Fsp3) is 0.444. The Bertz CT molecular complexity index is 219. The van der Waals surface area contributed by atoms with Crippen LogP contribution in [-0.2, 0) is 9.53 Å². The van der Waals surface area contributed by atoms with E-state index in [1.54, 1.807) is 13.8 Å². The minimum Gasteiger partial charge on any atom is -0.443 e. The monoisotopic (exact) mass is 152 g/mol. The third-order valence-electron chi connectivity index (χ3n) is 1.12. The molecule has 0 amide bonds. The molecule has 2 heteroatoms. The molecular weight excluding hydrogens is 140 g/mol. The number of carbonyl (C=O) groups excluding carboxylic acids is 1. The van der Waals surface area contributed by atoms with Crippen LogP contribution in [0.25, 0.3) is 0 Å². The largest absolute Gasteiger partial charge is 0.443 e. The van der Waals surface area contributed by atoms with E-state index in [0.717, 1.165) is 0 Å². The zero-order chi connectivity index (χ0) is 8.91. The fourth-order valence-corrected chi connectivity index (χ4v) is 0.665. The van der Waals surface area contributed by atoms with Crippen LogP contribution in [-0.4, -0.2) is 11.6 Å². The average molecular weight is 152 g/mol. The van der Waals surface area contributed by atoms with E-state index in [9.17, 15) is 4.79 Å². The van der Waals surface area contributed by atoms with Crippen LogP contribution in [0.15, 0.2) is 12.7 Å². The number of carbonyl (C=O) groups is 1. The smallest absolute Gasteiger partial charge is 0.304 e. The highest BCUT2D eigenvalue weighted by atomic mass is 16.6. The average Bonchev–Trinajstić information content (AvgIpc) is 1.87. The van der Waals surface area contributed by atoms with Gasteiger partial charge in [-0.2, -0.15) is 0 Å². The van der Waals surface area contributed by atoms with Crippen molar-refractivity contribution in [3.8, 4) is 11.8 Å². The molecule has 0 aliphatic rings. The van der Waals surface area contributed by atoms with E-state index in [1.165, 1.54) is 13.0 Å². The normalized spacial score (nSPS) is 13.7. The predicted molar refractivity (Wildman–Crippen MR) is 43.8 cm³/mol. The van der Waals surface area contributed by atoms with Crippen LogP contribution in [0.2, 0.25) is 0 Å². The topological polar surface area (TPSA) is 26.3 Å². The summed E-state index contributed by atoms with van der Waals surface area (Å²) in [5.74, 6) is 5.04. The molecule has 0 bridgehead atoms. The Labute approximate surface area is 67.2 Å². The molecule has 0 aromatic rings. The second kappa shape index (κ2) is 3.82. The summed E-state index contributed by atoms with van der Waals surface area (Å²) in [6.07, 6.45) is 1.50. The van der Waals surface area contributed by atoms with Gasteiger partial charge in [-0.05, 0) is 19.9 Å². The molecule has 0 aromatic heterocycles. The molecule has 1 unspecified atom stereocenters. The van der Waals surface area contributed by atoms with Crippen molar-refractivity contribution in [2.45, 2.75) is 26.4 Å². The first-order valence-corrected chi connectivity index (χ1v) is 3.31. The molecule has 0 saturated heterocycles. The van der Waals surface area contributed by atoms with Gasteiger partial charge in [0.1, 0.15) is 0 Å². The molecule has 2 nitrogen and oxygen atoms in total. The Morgan fingerprint density at radius 1 is 1.73 bits per heavy atom. The molecule has 0 saturated carbocycles. The van der Waals surface area contributed by atoms with Gasteiger partial charge in [0.15, 0.2) is 5.60 Å². The van der Waals surface area contributed by atoms with Crippen LogP contribution >= 0.6 is 0 Å². The van der Waals surface area contributed by atoms with Crippen molar-refractivity contribution >= 4 is 5.97 Å². The second-order valence-corrected chi connectivity index (χ2v) is 2.28. The third kappa shape index (κ3) is 3.47. The summed E-state index contributed by atoms with van der Waals surface area (Å²) < 4.78 is 4.90. The molecular formula is C9H12O2. The molecule has 0 aliphatic heterocycles. The first kappa shape index (κ1) is 9.77. The second-order valence-electron chi connectivity index (χ2n) is 2.28. The summed E-state index contributed by atoms with van der Waals surface area (Å²) in [6.45, 7) is 8.25. The van der Waals surface area contributed by atoms with Crippen LogP contribution in [0.1, 0.15) is 20.8 Å². The van der Waals surface area contributed by atoms with Gasteiger partial charge >= 0.3 is 5.97 Å². The Morgan fingerprint density at radius 3 is 2.55 bits per heavy atom. The highest BCUT2D eigenvalue weighted by molar-refractivity contribution is 5.67. The summed E-state index contributed by atoms with van der Waals surface area (Å²) >= 11 is 0. The minimum atomic E-state index is -0.833. The molecule has 0 aromatic carbocycles.